The molecule has 2 aromatic carbocycles. The highest BCUT2D eigenvalue weighted by atomic mass is 32.2. The van der Waals surface area contributed by atoms with Gasteiger partial charge in [-0.25, -0.2) is 13.2 Å². The van der Waals surface area contributed by atoms with Crippen LogP contribution in [0.3, 0.4) is 0 Å². The SMILES string of the molecule is Cn1c(SCc2ccc(F)cc2)nc(=O)c2c1NC(=O)CC2c1ccc(F)cc1F. The topological polar surface area (TPSA) is 64.0 Å². The van der Waals surface area contributed by atoms with Gasteiger partial charge in [0.05, 0.1) is 5.56 Å². The number of aromatic nitrogens is 2. The Morgan fingerprint density at radius 1 is 1.10 bits per heavy atom. The van der Waals surface area contributed by atoms with E-state index in [1.54, 1.807) is 23.7 Å². The standard InChI is InChI=1S/C21H16F3N3O2S/c1-27-19-18(15(9-17(28)25-19)14-7-6-13(23)8-16(14)24)20(29)26-21(27)30-10-11-2-4-12(22)5-3-11/h2-8,15H,9-10H2,1H3,(H,25,28). The van der Waals surface area contributed by atoms with Crippen molar-refractivity contribution in [1.82, 2.24) is 9.55 Å². The molecule has 0 spiro atoms. The molecule has 1 amide bonds. The molecule has 5 nitrogen and oxygen atoms in total. The van der Waals surface area contributed by atoms with Crippen molar-refractivity contribution in [2.24, 2.45) is 7.05 Å². The van der Waals surface area contributed by atoms with E-state index in [4.69, 9.17) is 0 Å². The zero-order valence-corrected chi connectivity index (χ0v) is 16.6. The lowest BCUT2D eigenvalue weighted by Crippen LogP contribution is -2.33. The third kappa shape index (κ3) is 3.85. The lowest BCUT2D eigenvalue weighted by atomic mass is 9.86. The van der Waals surface area contributed by atoms with E-state index < -0.39 is 23.1 Å². The maximum absolute atomic E-state index is 14.4. The molecule has 1 aromatic heterocycles. The van der Waals surface area contributed by atoms with Crippen LogP contribution in [0.1, 0.15) is 29.0 Å². The Hall–Kier alpha value is -3.07. The number of rotatable bonds is 4. The maximum atomic E-state index is 14.4. The number of thioether (sulfide) groups is 1. The summed E-state index contributed by atoms with van der Waals surface area (Å²) in [5.41, 5.74) is 0.481. The molecule has 30 heavy (non-hydrogen) atoms. The number of carbonyl (C=O) groups is 1. The van der Waals surface area contributed by atoms with Gasteiger partial charge in [0.15, 0.2) is 5.16 Å². The number of nitrogens with one attached hydrogen (secondary N) is 1. The molecule has 4 rings (SSSR count). The van der Waals surface area contributed by atoms with Gasteiger partial charge in [0.25, 0.3) is 5.56 Å². The van der Waals surface area contributed by atoms with Crippen molar-refractivity contribution in [3.05, 3.63) is 87.0 Å². The van der Waals surface area contributed by atoms with Crippen molar-refractivity contribution >= 4 is 23.5 Å². The highest BCUT2D eigenvalue weighted by molar-refractivity contribution is 7.98. The van der Waals surface area contributed by atoms with Gasteiger partial charge in [-0.05, 0) is 29.3 Å². The van der Waals surface area contributed by atoms with E-state index in [0.717, 1.165) is 17.7 Å². The van der Waals surface area contributed by atoms with Crippen LogP contribution < -0.4 is 10.9 Å². The number of benzene rings is 2. The molecule has 1 aliphatic rings. The van der Waals surface area contributed by atoms with E-state index in [1.165, 1.54) is 30.0 Å². The zero-order chi connectivity index (χ0) is 21.4. The monoisotopic (exact) mass is 431 g/mol. The van der Waals surface area contributed by atoms with Crippen LogP contribution in [0.5, 0.6) is 0 Å². The minimum absolute atomic E-state index is 0.0677. The van der Waals surface area contributed by atoms with Crippen LogP contribution in [0.2, 0.25) is 0 Å². The molecule has 3 aromatic rings. The number of amides is 1. The molecule has 0 saturated heterocycles. The first-order valence-electron chi connectivity index (χ1n) is 9.06. The Morgan fingerprint density at radius 2 is 1.80 bits per heavy atom. The van der Waals surface area contributed by atoms with E-state index in [2.05, 4.69) is 10.3 Å². The Balaban J connectivity index is 1.72. The van der Waals surface area contributed by atoms with Crippen LogP contribution in [-0.2, 0) is 17.6 Å². The van der Waals surface area contributed by atoms with Crippen molar-refractivity contribution in [1.29, 1.82) is 0 Å². The summed E-state index contributed by atoms with van der Waals surface area (Å²) < 4.78 is 42.3. The van der Waals surface area contributed by atoms with Gasteiger partial charge in [0, 0.05) is 31.2 Å². The molecule has 9 heteroatoms. The van der Waals surface area contributed by atoms with E-state index in [0.29, 0.717) is 10.9 Å². The van der Waals surface area contributed by atoms with E-state index in [-0.39, 0.29) is 35.1 Å². The molecular weight excluding hydrogens is 415 g/mol. The van der Waals surface area contributed by atoms with Crippen molar-refractivity contribution in [3.63, 3.8) is 0 Å². The molecule has 1 unspecified atom stereocenters. The summed E-state index contributed by atoms with van der Waals surface area (Å²) in [5.74, 6) is -2.48. The van der Waals surface area contributed by atoms with Crippen LogP contribution in [0.15, 0.2) is 52.4 Å². The van der Waals surface area contributed by atoms with Crippen molar-refractivity contribution < 1.29 is 18.0 Å². The molecule has 154 valence electrons. The van der Waals surface area contributed by atoms with Gasteiger partial charge in [-0.15, -0.1) is 0 Å². The number of carbonyl (C=O) groups excluding carboxylic acids is 1. The Morgan fingerprint density at radius 3 is 2.50 bits per heavy atom. The third-order valence-corrected chi connectivity index (χ3v) is 6.02. The molecule has 1 N–H and O–H groups in total. The maximum Gasteiger partial charge on any atom is 0.279 e. The zero-order valence-electron chi connectivity index (χ0n) is 15.8. The van der Waals surface area contributed by atoms with Crippen LogP contribution in [-0.4, -0.2) is 15.5 Å². The lowest BCUT2D eigenvalue weighted by molar-refractivity contribution is -0.116. The van der Waals surface area contributed by atoms with Crippen LogP contribution >= 0.6 is 11.8 Å². The van der Waals surface area contributed by atoms with Crippen LogP contribution in [0.4, 0.5) is 19.0 Å². The second-order valence-electron chi connectivity index (χ2n) is 6.91. The normalized spacial score (nSPS) is 15.6. The predicted octanol–water partition coefficient (Wildman–Crippen LogP) is 3.96. The first-order chi connectivity index (χ1) is 14.3. The van der Waals surface area contributed by atoms with E-state index >= 15 is 0 Å². The number of halogens is 3. The average Bonchev–Trinajstić information content (AvgIpc) is 2.70. The number of anilines is 1. The van der Waals surface area contributed by atoms with Gasteiger partial charge >= 0.3 is 0 Å². The van der Waals surface area contributed by atoms with Crippen molar-refractivity contribution in [3.8, 4) is 0 Å². The minimum Gasteiger partial charge on any atom is -0.312 e. The van der Waals surface area contributed by atoms with Crippen molar-refractivity contribution in [2.45, 2.75) is 23.2 Å². The van der Waals surface area contributed by atoms with Crippen LogP contribution in [0, 0.1) is 17.5 Å². The molecule has 0 bridgehead atoms. The Kier molecular flexibility index (Phi) is 5.38. The van der Waals surface area contributed by atoms with E-state index in [9.17, 15) is 22.8 Å². The lowest BCUT2D eigenvalue weighted by Gasteiger charge is -2.27. The molecular formula is C21H16F3N3O2S. The fraction of sp³-hybridized carbons (Fsp3) is 0.190. The number of nitrogens with zero attached hydrogens (tertiary/aromatic N) is 2. The number of fused-ring (bicyclic) bond motifs is 1. The van der Waals surface area contributed by atoms with Crippen LogP contribution in [0.25, 0.3) is 0 Å². The summed E-state index contributed by atoms with van der Waals surface area (Å²) in [6.07, 6.45) is -0.144. The quantitative estimate of drug-likeness (QED) is 0.502. The van der Waals surface area contributed by atoms with Gasteiger partial charge in [-0.3, -0.25) is 9.59 Å². The largest absolute Gasteiger partial charge is 0.312 e. The molecule has 0 saturated carbocycles. The first kappa shape index (κ1) is 20.2. The average molecular weight is 431 g/mol. The third-order valence-electron chi connectivity index (χ3n) is 4.92. The van der Waals surface area contributed by atoms with Gasteiger partial charge in [0.2, 0.25) is 5.91 Å². The summed E-state index contributed by atoms with van der Waals surface area (Å²) >= 11 is 1.25. The van der Waals surface area contributed by atoms with Gasteiger partial charge in [-0.2, -0.15) is 4.98 Å². The van der Waals surface area contributed by atoms with Gasteiger partial charge in [0.1, 0.15) is 23.3 Å². The predicted molar refractivity (Wildman–Crippen MR) is 107 cm³/mol. The Labute approximate surface area is 174 Å². The molecule has 0 aliphatic carbocycles. The fourth-order valence-electron chi connectivity index (χ4n) is 3.44. The highest BCUT2D eigenvalue weighted by Crippen LogP contribution is 2.37. The number of hydrogen-bond acceptors (Lipinski definition) is 4. The summed E-state index contributed by atoms with van der Waals surface area (Å²) in [4.78, 5) is 29.2. The van der Waals surface area contributed by atoms with Gasteiger partial charge < -0.3 is 9.88 Å². The summed E-state index contributed by atoms with van der Waals surface area (Å²) in [6.45, 7) is 0. The smallest absolute Gasteiger partial charge is 0.279 e. The molecule has 1 atom stereocenters. The molecule has 0 radical (unpaired) electrons. The second-order valence-corrected chi connectivity index (χ2v) is 7.85. The molecule has 2 heterocycles. The number of hydrogen-bond donors (Lipinski definition) is 1. The Bertz CT molecular complexity index is 1200. The fourth-order valence-corrected chi connectivity index (χ4v) is 4.36. The summed E-state index contributed by atoms with van der Waals surface area (Å²) in [7, 11) is 1.64. The molecule has 0 fully saturated rings. The van der Waals surface area contributed by atoms with Crippen molar-refractivity contribution in [2.75, 3.05) is 5.32 Å². The first-order valence-corrected chi connectivity index (χ1v) is 10.0. The molecule has 1 aliphatic heterocycles. The minimum atomic E-state index is -0.864. The summed E-state index contributed by atoms with van der Waals surface area (Å²) in [6, 6.07) is 9.02. The highest BCUT2D eigenvalue weighted by Gasteiger charge is 2.33. The summed E-state index contributed by atoms with van der Waals surface area (Å²) in [5, 5.41) is 3.02. The second kappa shape index (κ2) is 7.98. The van der Waals surface area contributed by atoms with Gasteiger partial charge in [-0.1, -0.05) is 30.0 Å². The van der Waals surface area contributed by atoms with E-state index in [1.807, 2.05) is 0 Å².